The van der Waals surface area contributed by atoms with Crippen molar-refractivity contribution in [3.05, 3.63) is 28.6 Å². The molecule has 1 aromatic heterocycles. The lowest BCUT2D eigenvalue weighted by molar-refractivity contribution is -0.140. The van der Waals surface area contributed by atoms with Crippen molar-refractivity contribution in [2.75, 3.05) is 0 Å². The van der Waals surface area contributed by atoms with Crippen molar-refractivity contribution in [2.45, 2.75) is 19.1 Å². The standard InChI is InChI=1S/C9H6F5N3/c10-8(11)5-3-17-6(2-16)4(1-15)7(5)9(12,13)14/h3,8H,1,15H2. The van der Waals surface area contributed by atoms with Crippen molar-refractivity contribution in [3.63, 3.8) is 0 Å². The maximum Gasteiger partial charge on any atom is 0.417 e. The van der Waals surface area contributed by atoms with Gasteiger partial charge in [-0.1, -0.05) is 0 Å². The molecule has 1 rings (SSSR count). The van der Waals surface area contributed by atoms with Crippen LogP contribution in [0.15, 0.2) is 6.20 Å². The maximum atomic E-state index is 12.6. The number of halogens is 5. The van der Waals surface area contributed by atoms with Crippen molar-refractivity contribution in [1.82, 2.24) is 4.98 Å². The molecule has 0 aromatic carbocycles. The summed E-state index contributed by atoms with van der Waals surface area (Å²) in [6.07, 6.45) is -7.99. The predicted octanol–water partition coefficient (Wildman–Crippen LogP) is 2.37. The minimum absolute atomic E-state index is 0.352. The lowest BCUT2D eigenvalue weighted by Gasteiger charge is -2.16. The van der Waals surface area contributed by atoms with Crippen LogP contribution in [0.1, 0.15) is 28.8 Å². The number of nitrogens with two attached hydrogens (primary N) is 1. The molecule has 0 spiro atoms. The summed E-state index contributed by atoms with van der Waals surface area (Å²) in [4.78, 5) is 3.24. The number of hydrogen-bond donors (Lipinski definition) is 1. The molecule has 92 valence electrons. The molecule has 0 aliphatic carbocycles. The SMILES string of the molecule is N#Cc1ncc(C(F)F)c(C(F)(F)F)c1CN. The zero-order valence-electron chi connectivity index (χ0n) is 8.22. The molecule has 8 heteroatoms. The van der Waals surface area contributed by atoms with Gasteiger partial charge >= 0.3 is 6.18 Å². The van der Waals surface area contributed by atoms with Crippen molar-refractivity contribution in [3.8, 4) is 6.07 Å². The molecule has 2 N–H and O–H groups in total. The summed E-state index contributed by atoms with van der Waals surface area (Å²) in [6.45, 7) is -0.689. The van der Waals surface area contributed by atoms with Crippen LogP contribution in [0.4, 0.5) is 22.0 Å². The Morgan fingerprint density at radius 1 is 1.41 bits per heavy atom. The zero-order valence-corrected chi connectivity index (χ0v) is 8.22. The van der Waals surface area contributed by atoms with E-state index in [9.17, 15) is 22.0 Å². The first-order chi connectivity index (χ1) is 7.82. The van der Waals surface area contributed by atoms with E-state index in [0.29, 0.717) is 6.20 Å². The van der Waals surface area contributed by atoms with Gasteiger partial charge in [0.05, 0.1) is 5.56 Å². The van der Waals surface area contributed by atoms with Gasteiger partial charge in [0.15, 0.2) is 0 Å². The van der Waals surface area contributed by atoms with Gasteiger partial charge in [-0.15, -0.1) is 0 Å². The highest BCUT2D eigenvalue weighted by Gasteiger charge is 2.39. The highest BCUT2D eigenvalue weighted by Crippen LogP contribution is 2.38. The van der Waals surface area contributed by atoms with E-state index >= 15 is 0 Å². The topological polar surface area (TPSA) is 62.7 Å². The average molecular weight is 251 g/mol. The average Bonchev–Trinajstić information content (AvgIpc) is 2.25. The van der Waals surface area contributed by atoms with Crippen molar-refractivity contribution in [2.24, 2.45) is 5.73 Å². The summed E-state index contributed by atoms with van der Waals surface area (Å²) in [7, 11) is 0. The molecule has 0 radical (unpaired) electrons. The Bertz CT molecular complexity index is 461. The minimum Gasteiger partial charge on any atom is -0.326 e. The Labute approximate surface area is 92.7 Å². The second-order valence-corrected chi connectivity index (χ2v) is 3.03. The van der Waals surface area contributed by atoms with Crippen LogP contribution in [0, 0.1) is 11.3 Å². The van der Waals surface area contributed by atoms with Gasteiger partial charge in [-0.05, 0) is 0 Å². The molecule has 0 atom stereocenters. The lowest BCUT2D eigenvalue weighted by Crippen LogP contribution is -2.18. The first-order valence-electron chi connectivity index (χ1n) is 4.30. The van der Waals surface area contributed by atoms with Crippen LogP contribution < -0.4 is 5.73 Å². The largest absolute Gasteiger partial charge is 0.417 e. The van der Waals surface area contributed by atoms with E-state index in [1.807, 2.05) is 0 Å². The van der Waals surface area contributed by atoms with E-state index in [2.05, 4.69) is 4.98 Å². The van der Waals surface area contributed by atoms with E-state index in [0.717, 1.165) is 0 Å². The van der Waals surface area contributed by atoms with Gasteiger partial charge in [-0.25, -0.2) is 13.8 Å². The van der Waals surface area contributed by atoms with Gasteiger partial charge < -0.3 is 5.73 Å². The molecule has 17 heavy (non-hydrogen) atoms. The highest BCUT2D eigenvalue weighted by atomic mass is 19.4. The molecular formula is C9H6F5N3. The number of alkyl halides is 5. The Balaban J connectivity index is 3.64. The first kappa shape index (κ1) is 13.3. The van der Waals surface area contributed by atoms with E-state index in [4.69, 9.17) is 11.0 Å². The summed E-state index contributed by atoms with van der Waals surface area (Å²) in [6, 6.07) is 1.39. The van der Waals surface area contributed by atoms with Crippen LogP contribution in [-0.4, -0.2) is 4.98 Å². The molecule has 1 heterocycles. The van der Waals surface area contributed by atoms with Crippen LogP contribution >= 0.6 is 0 Å². The van der Waals surface area contributed by atoms with Crippen LogP contribution in [0.25, 0.3) is 0 Å². The Morgan fingerprint density at radius 2 is 2.00 bits per heavy atom. The van der Waals surface area contributed by atoms with Crippen molar-refractivity contribution >= 4 is 0 Å². The normalized spacial score (nSPS) is 11.6. The van der Waals surface area contributed by atoms with Crippen LogP contribution in [-0.2, 0) is 12.7 Å². The van der Waals surface area contributed by atoms with Gasteiger partial charge in [0.1, 0.15) is 11.8 Å². The number of rotatable bonds is 2. The van der Waals surface area contributed by atoms with Gasteiger partial charge in [0.25, 0.3) is 6.43 Å². The smallest absolute Gasteiger partial charge is 0.326 e. The lowest BCUT2D eigenvalue weighted by atomic mass is 10.0. The van der Waals surface area contributed by atoms with Crippen LogP contribution in [0.5, 0.6) is 0 Å². The molecule has 3 nitrogen and oxygen atoms in total. The second kappa shape index (κ2) is 4.63. The number of nitrogens with zero attached hydrogens (tertiary/aromatic N) is 2. The Kier molecular flexibility index (Phi) is 3.63. The van der Waals surface area contributed by atoms with Crippen LogP contribution in [0.3, 0.4) is 0 Å². The zero-order chi connectivity index (χ0) is 13.2. The molecule has 0 bridgehead atoms. The van der Waals surface area contributed by atoms with E-state index in [1.54, 1.807) is 0 Å². The first-order valence-corrected chi connectivity index (χ1v) is 4.30. The molecule has 0 aliphatic rings. The second-order valence-electron chi connectivity index (χ2n) is 3.03. The molecule has 0 saturated carbocycles. The number of nitriles is 1. The molecule has 1 aromatic rings. The fourth-order valence-corrected chi connectivity index (χ4v) is 1.36. The fourth-order valence-electron chi connectivity index (χ4n) is 1.36. The van der Waals surface area contributed by atoms with Gasteiger partial charge in [0, 0.05) is 23.9 Å². The van der Waals surface area contributed by atoms with Gasteiger partial charge in [-0.2, -0.15) is 18.4 Å². The summed E-state index contributed by atoms with van der Waals surface area (Å²) >= 11 is 0. The third-order valence-corrected chi connectivity index (χ3v) is 2.04. The van der Waals surface area contributed by atoms with Gasteiger partial charge in [-0.3, -0.25) is 0 Å². The molecular weight excluding hydrogens is 245 g/mol. The highest BCUT2D eigenvalue weighted by molar-refractivity contribution is 5.44. The van der Waals surface area contributed by atoms with Crippen molar-refractivity contribution in [1.29, 1.82) is 5.26 Å². The molecule has 0 aliphatic heterocycles. The Hall–Kier alpha value is -1.75. The van der Waals surface area contributed by atoms with E-state index in [-0.39, 0.29) is 0 Å². The maximum absolute atomic E-state index is 12.6. The number of pyridine rings is 1. The molecule has 0 amide bonds. The molecule has 0 fully saturated rings. The number of hydrogen-bond acceptors (Lipinski definition) is 3. The monoisotopic (exact) mass is 251 g/mol. The molecule has 0 unspecified atom stereocenters. The van der Waals surface area contributed by atoms with Crippen LogP contribution in [0.2, 0.25) is 0 Å². The summed E-state index contributed by atoms with van der Waals surface area (Å²) in [5.41, 5.74) is 0.918. The quantitative estimate of drug-likeness (QED) is 0.820. The third-order valence-electron chi connectivity index (χ3n) is 2.04. The van der Waals surface area contributed by atoms with E-state index in [1.165, 1.54) is 6.07 Å². The number of aromatic nitrogens is 1. The summed E-state index contributed by atoms with van der Waals surface area (Å²) in [5.74, 6) is 0. The minimum atomic E-state index is -5.00. The summed E-state index contributed by atoms with van der Waals surface area (Å²) in [5, 5.41) is 8.55. The summed E-state index contributed by atoms with van der Waals surface area (Å²) < 4.78 is 62.8. The van der Waals surface area contributed by atoms with Gasteiger partial charge in [0.2, 0.25) is 0 Å². The predicted molar refractivity (Wildman–Crippen MR) is 46.8 cm³/mol. The Morgan fingerprint density at radius 3 is 2.35 bits per heavy atom. The van der Waals surface area contributed by atoms with Crippen molar-refractivity contribution < 1.29 is 22.0 Å². The fraction of sp³-hybridized carbons (Fsp3) is 0.333. The molecule has 0 saturated heterocycles. The third kappa shape index (κ3) is 2.50. The van der Waals surface area contributed by atoms with E-state index < -0.39 is 41.5 Å².